The minimum Gasteiger partial charge on any atom is -0.494 e. The van der Waals surface area contributed by atoms with Crippen molar-refractivity contribution in [3.63, 3.8) is 0 Å². The van der Waals surface area contributed by atoms with Crippen LogP contribution in [0.15, 0.2) is 24.3 Å². The van der Waals surface area contributed by atoms with Gasteiger partial charge in [-0.15, -0.1) is 0 Å². The van der Waals surface area contributed by atoms with Gasteiger partial charge in [-0.25, -0.2) is 0 Å². The lowest BCUT2D eigenvalue weighted by molar-refractivity contribution is -0.120. The maximum absolute atomic E-state index is 11.5. The first-order chi connectivity index (χ1) is 8.78. The Morgan fingerprint density at radius 1 is 1.44 bits per heavy atom. The average molecular weight is 248 g/mol. The first kappa shape index (κ1) is 12.9. The lowest BCUT2D eigenvalue weighted by Crippen LogP contribution is -2.34. The van der Waals surface area contributed by atoms with Gasteiger partial charge in [-0.1, -0.05) is 12.1 Å². The van der Waals surface area contributed by atoms with E-state index in [1.807, 2.05) is 31.2 Å². The number of nitrogens with one attached hydrogen (secondary N) is 2. The minimum atomic E-state index is 0.0819. The highest BCUT2D eigenvalue weighted by molar-refractivity contribution is 5.78. The summed E-state index contributed by atoms with van der Waals surface area (Å²) in [7, 11) is 0. The van der Waals surface area contributed by atoms with Crippen LogP contribution in [0.25, 0.3) is 0 Å². The summed E-state index contributed by atoms with van der Waals surface area (Å²) in [6.07, 6.45) is 2.25. The Hall–Kier alpha value is -1.55. The molecule has 2 N–H and O–H groups in total. The van der Waals surface area contributed by atoms with Crippen molar-refractivity contribution in [2.75, 3.05) is 13.2 Å². The molecule has 0 spiro atoms. The monoisotopic (exact) mass is 248 g/mol. The van der Waals surface area contributed by atoms with Gasteiger partial charge < -0.3 is 15.4 Å². The molecule has 98 valence electrons. The Balaban J connectivity index is 1.71. The van der Waals surface area contributed by atoms with Crippen molar-refractivity contribution in [1.29, 1.82) is 0 Å². The molecule has 0 radical (unpaired) electrons. The van der Waals surface area contributed by atoms with Crippen molar-refractivity contribution in [2.45, 2.75) is 32.4 Å². The molecule has 0 atom stereocenters. The molecule has 4 heteroatoms. The van der Waals surface area contributed by atoms with Gasteiger partial charge in [0.1, 0.15) is 5.75 Å². The number of ether oxygens (including phenoxy) is 1. The predicted octanol–water partition coefficient (Wildman–Crippen LogP) is 1.45. The molecule has 1 fully saturated rings. The molecule has 2 rings (SSSR count). The fourth-order valence-corrected chi connectivity index (χ4v) is 1.74. The second-order valence-corrected chi connectivity index (χ2v) is 4.53. The van der Waals surface area contributed by atoms with E-state index in [9.17, 15) is 4.79 Å². The van der Waals surface area contributed by atoms with E-state index in [0.717, 1.165) is 24.2 Å². The summed E-state index contributed by atoms with van der Waals surface area (Å²) in [4.78, 5) is 11.5. The molecule has 0 aliphatic heterocycles. The molecule has 1 aromatic carbocycles. The van der Waals surface area contributed by atoms with Gasteiger partial charge >= 0.3 is 0 Å². The fraction of sp³-hybridized carbons (Fsp3) is 0.500. The van der Waals surface area contributed by atoms with E-state index in [1.165, 1.54) is 0 Å². The van der Waals surface area contributed by atoms with E-state index in [-0.39, 0.29) is 5.91 Å². The van der Waals surface area contributed by atoms with Crippen molar-refractivity contribution in [2.24, 2.45) is 0 Å². The third-order valence-electron chi connectivity index (χ3n) is 2.77. The van der Waals surface area contributed by atoms with Crippen LogP contribution in [0.4, 0.5) is 0 Å². The van der Waals surface area contributed by atoms with E-state index < -0.39 is 0 Å². The number of benzene rings is 1. The molecule has 0 heterocycles. The van der Waals surface area contributed by atoms with E-state index in [4.69, 9.17) is 4.74 Å². The third-order valence-corrected chi connectivity index (χ3v) is 2.77. The van der Waals surface area contributed by atoms with Crippen molar-refractivity contribution < 1.29 is 9.53 Å². The highest BCUT2D eigenvalue weighted by atomic mass is 16.5. The molecule has 0 saturated heterocycles. The zero-order chi connectivity index (χ0) is 12.8. The summed E-state index contributed by atoms with van der Waals surface area (Å²) >= 11 is 0. The van der Waals surface area contributed by atoms with Crippen molar-refractivity contribution in [3.05, 3.63) is 29.8 Å². The Morgan fingerprint density at radius 3 is 3.00 bits per heavy atom. The molecular formula is C14H20N2O2. The standard InChI is InChI=1S/C14H20N2O2/c1-2-18-13-5-3-4-11(8-13)9-15-10-14(17)16-12-6-7-12/h3-5,8,12,15H,2,6-7,9-10H2,1H3,(H,16,17). The van der Waals surface area contributed by atoms with Crippen LogP contribution in [0.5, 0.6) is 5.75 Å². The quantitative estimate of drug-likeness (QED) is 0.768. The summed E-state index contributed by atoms with van der Waals surface area (Å²) in [5, 5.41) is 6.08. The number of amides is 1. The van der Waals surface area contributed by atoms with Crippen LogP contribution in [0.1, 0.15) is 25.3 Å². The van der Waals surface area contributed by atoms with Gasteiger partial charge in [-0.3, -0.25) is 4.79 Å². The van der Waals surface area contributed by atoms with Crippen molar-refractivity contribution in [1.82, 2.24) is 10.6 Å². The number of hydrogen-bond acceptors (Lipinski definition) is 3. The lowest BCUT2D eigenvalue weighted by atomic mass is 10.2. The van der Waals surface area contributed by atoms with Crippen LogP contribution < -0.4 is 15.4 Å². The molecule has 1 saturated carbocycles. The van der Waals surface area contributed by atoms with Gasteiger partial charge in [0.25, 0.3) is 0 Å². The van der Waals surface area contributed by atoms with Gasteiger partial charge in [0.2, 0.25) is 5.91 Å². The van der Waals surface area contributed by atoms with Crippen LogP contribution in [0, 0.1) is 0 Å². The van der Waals surface area contributed by atoms with Crippen LogP contribution in [-0.2, 0) is 11.3 Å². The van der Waals surface area contributed by atoms with Crippen molar-refractivity contribution in [3.8, 4) is 5.75 Å². The maximum Gasteiger partial charge on any atom is 0.234 e. The normalized spacial score (nSPS) is 14.3. The van der Waals surface area contributed by atoms with E-state index in [0.29, 0.717) is 25.7 Å². The Kier molecular flexibility index (Phi) is 4.59. The number of carbonyl (C=O) groups is 1. The molecule has 18 heavy (non-hydrogen) atoms. The van der Waals surface area contributed by atoms with Gasteiger partial charge in [0.05, 0.1) is 13.2 Å². The topological polar surface area (TPSA) is 50.4 Å². The van der Waals surface area contributed by atoms with Gasteiger partial charge in [-0.2, -0.15) is 0 Å². The molecule has 0 aromatic heterocycles. The number of rotatable bonds is 7. The summed E-state index contributed by atoms with van der Waals surface area (Å²) in [6.45, 7) is 3.68. The lowest BCUT2D eigenvalue weighted by Gasteiger charge is -2.08. The van der Waals surface area contributed by atoms with Crippen LogP contribution >= 0.6 is 0 Å². The molecule has 1 aromatic rings. The Labute approximate surface area is 108 Å². The highest BCUT2D eigenvalue weighted by Crippen LogP contribution is 2.18. The summed E-state index contributed by atoms with van der Waals surface area (Å²) in [6, 6.07) is 8.35. The Bertz CT molecular complexity index is 403. The second-order valence-electron chi connectivity index (χ2n) is 4.53. The maximum atomic E-state index is 11.5. The first-order valence-corrected chi connectivity index (χ1v) is 6.49. The molecule has 0 unspecified atom stereocenters. The average Bonchev–Trinajstić information content (AvgIpc) is 3.14. The largest absolute Gasteiger partial charge is 0.494 e. The van der Waals surface area contributed by atoms with Crippen LogP contribution in [-0.4, -0.2) is 25.1 Å². The van der Waals surface area contributed by atoms with Gasteiger partial charge in [0.15, 0.2) is 0 Å². The third kappa shape index (κ3) is 4.37. The van der Waals surface area contributed by atoms with Crippen LogP contribution in [0.3, 0.4) is 0 Å². The summed E-state index contributed by atoms with van der Waals surface area (Å²) in [5.41, 5.74) is 1.13. The first-order valence-electron chi connectivity index (χ1n) is 6.49. The number of carbonyl (C=O) groups excluding carboxylic acids is 1. The Morgan fingerprint density at radius 2 is 2.28 bits per heavy atom. The molecular weight excluding hydrogens is 228 g/mol. The van der Waals surface area contributed by atoms with E-state index in [1.54, 1.807) is 0 Å². The molecule has 4 nitrogen and oxygen atoms in total. The zero-order valence-corrected chi connectivity index (χ0v) is 10.7. The van der Waals surface area contributed by atoms with Crippen LogP contribution in [0.2, 0.25) is 0 Å². The zero-order valence-electron chi connectivity index (χ0n) is 10.7. The molecule has 1 aliphatic carbocycles. The predicted molar refractivity (Wildman–Crippen MR) is 70.5 cm³/mol. The number of hydrogen-bond donors (Lipinski definition) is 2. The van der Waals surface area contributed by atoms with Gasteiger partial charge in [-0.05, 0) is 37.5 Å². The van der Waals surface area contributed by atoms with E-state index >= 15 is 0 Å². The smallest absolute Gasteiger partial charge is 0.234 e. The second kappa shape index (κ2) is 6.40. The van der Waals surface area contributed by atoms with Gasteiger partial charge in [0, 0.05) is 12.6 Å². The van der Waals surface area contributed by atoms with Crippen molar-refractivity contribution >= 4 is 5.91 Å². The highest BCUT2D eigenvalue weighted by Gasteiger charge is 2.22. The minimum absolute atomic E-state index is 0.0819. The fourth-order valence-electron chi connectivity index (χ4n) is 1.74. The molecule has 0 bridgehead atoms. The SMILES string of the molecule is CCOc1cccc(CNCC(=O)NC2CC2)c1. The summed E-state index contributed by atoms with van der Waals surface area (Å²) in [5.74, 6) is 0.956. The summed E-state index contributed by atoms with van der Waals surface area (Å²) < 4.78 is 5.43. The molecule has 1 aliphatic rings. The molecule has 1 amide bonds. The van der Waals surface area contributed by atoms with E-state index in [2.05, 4.69) is 10.6 Å².